The first-order valence-electron chi connectivity index (χ1n) is 6.65. The van der Waals surface area contributed by atoms with Gasteiger partial charge in [0.2, 0.25) is 5.91 Å². The van der Waals surface area contributed by atoms with Gasteiger partial charge in [0, 0.05) is 22.9 Å². The monoisotopic (exact) mass is 325 g/mol. The minimum absolute atomic E-state index is 0.253. The average molecular weight is 325 g/mol. The lowest BCUT2D eigenvalue weighted by molar-refractivity contribution is -0.115. The third kappa shape index (κ3) is 4.01. The molecule has 1 amide bonds. The molecule has 2 aromatic carbocycles. The SMILES string of the molecule is COc1ccc(NC(=O)Cc2cc(F)c(F)cc2F)cc1CO. The molecule has 0 unspecified atom stereocenters. The third-order valence-corrected chi connectivity index (χ3v) is 3.17. The Morgan fingerprint density at radius 3 is 2.43 bits per heavy atom. The first kappa shape index (κ1) is 16.8. The number of aliphatic hydroxyl groups excluding tert-OH is 1. The highest BCUT2D eigenvalue weighted by Gasteiger charge is 2.14. The highest BCUT2D eigenvalue weighted by atomic mass is 19.2. The fraction of sp³-hybridized carbons (Fsp3) is 0.188. The summed E-state index contributed by atoms with van der Waals surface area (Å²) in [5, 5.41) is 11.7. The molecule has 0 bridgehead atoms. The van der Waals surface area contributed by atoms with E-state index in [1.54, 1.807) is 6.07 Å². The van der Waals surface area contributed by atoms with Crippen molar-refractivity contribution in [2.75, 3.05) is 12.4 Å². The zero-order chi connectivity index (χ0) is 17.0. The molecule has 0 fully saturated rings. The number of amides is 1. The van der Waals surface area contributed by atoms with Crippen LogP contribution in [0.2, 0.25) is 0 Å². The van der Waals surface area contributed by atoms with E-state index in [1.807, 2.05) is 0 Å². The first-order chi connectivity index (χ1) is 10.9. The van der Waals surface area contributed by atoms with Crippen LogP contribution in [0.1, 0.15) is 11.1 Å². The molecule has 7 heteroatoms. The molecule has 0 aromatic heterocycles. The highest BCUT2D eigenvalue weighted by molar-refractivity contribution is 5.92. The molecule has 122 valence electrons. The lowest BCUT2D eigenvalue weighted by atomic mass is 10.1. The van der Waals surface area contributed by atoms with Crippen LogP contribution in [0.3, 0.4) is 0 Å². The fourth-order valence-electron chi connectivity index (χ4n) is 2.06. The Kier molecular flexibility index (Phi) is 5.23. The molecule has 0 heterocycles. The summed E-state index contributed by atoms with van der Waals surface area (Å²) < 4.78 is 44.5. The van der Waals surface area contributed by atoms with Crippen LogP contribution in [0.4, 0.5) is 18.9 Å². The van der Waals surface area contributed by atoms with Crippen molar-refractivity contribution in [3.05, 3.63) is 58.9 Å². The number of nitrogens with one attached hydrogen (secondary N) is 1. The largest absolute Gasteiger partial charge is 0.496 e. The quantitative estimate of drug-likeness (QED) is 0.831. The summed E-state index contributed by atoms with van der Waals surface area (Å²) in [5.41, 5.74) is 0.574. The van der Waals surface area contributed by atoms with E-state index >= 15 is 0 Å². The highest BCUT2D eigenvalue weighted by Crippen LogP contribution is 2.23. The number of benzene rings is 2. The third-order valence-electron chi connectivity index (χ3n) is 3.17. The van der Waals surface area contributed by atoms with E-state index in [1.165, 1.54) is 19.2 Å². The van der Waals surface area contributed by atoms with Crippen molar-refractivity contribution in [2.24, 2.45) is 0 Å². The lowest BCUT2D eigenvalue weighted by Gasteiger charge is -2.10. The molecule has 2 N–H and O–H groups in total. The molecular formula is C16H14F3NO3. The van der Waals surface area contributed by atoms with E-state index in [0.29, 0.717) is 29.1 Å². The minimum Gasteiger partial charge on any atom is -0.496 e. The normalized spacial score (nSPS) is 10.5. The predicted molar refractivity (Wildman–Crippen MR) is 77.6 cm³/mol. The standard InChI is InChI=1S/C16H14F3NO3/c1-23-15-3-2-11(4-10(15)8-21)20-16(22)6-9-5-13(18)14(19)7-12(9)17/h2-5,7,21H,6,8H2,1H3,(H,20,22). The van der Waals surface area contributed by atoms with Crippen molar-refractivity contribution in [3.8, 4) is 5.75 Å². The summed E-state index contributed by atoms with van der Waals surface area (Å²) in [6.45, 7) is -0.287. The van der Waals surface area contributed by atoms with Crippen LogP contribution in [-0.2, 0) is 17.8 Å². The summed E-state index contributed by atoms with van der Waals surface area (Å²) in [6, 6.07) is 5.64. The van der Waals surface area contributed by atoms with Gasteiger partial charge in [-0.05, 0) is 24.3 Å². The zero-order valence-electron chi connectivity index (χ0n) is 12.2. The number of rotatable bonds is 5. The van der Waals surface area contributed by atoms with Gasteiger partial charge in [-0.2, -0.15) is 0 Å². The molecule has 0 atom stereocenters. The maximum absolute atomic E-state index is 13.5. The molecule has 4 nitrogen and oxygen atoms in total. The summed E-state index contributed by atoms with van der Waals surface area (Å²) in [4.78, 5) is 11.9. The van der Waals surface area contributed by atoms with Gasteiger partial charge in [-0.1, -0.05) is 0 Å². The number of carbonyl (C=O) groups excluding carboxylic acids is 1. The molecule has 2 rings (SSSR count). The van der Waals surface area contributed by atoms with Crippen molar-refractivity contribution < 1.29 is 27.8 Å². The molecule has 0 radical (unpaired) electrons. The second kappa shape index (κ2) is 7.15. The lowest BCUT2D eigenvalue weighted by Crippen LogP contribution is -2.16. The first-order valence-corrected chi connectivity index (χ1v) is 6.65. The van der Waals surface area contributed by atoms with Crippen molar-refractivity contribution in [1.82, 2.24) is 0 Å². The minimum atomic E-state index is -1.31. The molecule has 0 aliphatic heterocycles. The topological polar surface area (TPSA) is 58.6 Å². The molecule has 0 saturated heterocycles. The average Bonchev–Trinajstić information content (AvgIpc) is 2.52. The second-order valence-electron chi connectivity index (χ2n) is 4.77. The summed E-state index contributed by atoms with van der Waals surface area (Å²) in [6.07, 6.45) is -0.455. The summed E-state index contributed by atoms with van der Waals surface area (Å²) >= 11 is 0. The van der Waals surface area contributed by atoms with Crippen LogP contribution in [0.25, 0.3) is 0 Å². The van der Waals surface area contributed by atoms with Gasteiger partial charge >= 0.3 is 0 Å². The Balaban J connectivity index is 2.12. The van der Waals surface area contributed by atoms with Gasteiger partial charge in [-0.3, -0.25) is 4.79 Å². The fourth-order valence-corrected chi connectivity index (χ4v) is 2.06. The van der Waals surface area contributed by atoms with Gasteiger partial charge in [0.1, 0.15) is 11.6 Å². The zero-order valence-corrected chi connectivity index (χ0v) is 12.2. The van der Waals surface area contributed by atoms with Gasteiger partial charge in [0.25, 0.3) is 0 Å². The number of ether oxygens (including phenoxy) is 1. The number of anilines is 1. The van der Waals surface area contributed by atoms with Crippen molar-refractivity contribution in [2.45, 2.75) is 13.0 Å². The number of methoxy groups -OCH3 is 1. The van der Waals surface area contributed by atoms with Crippen LogP contribution in [0.15, 0.2) is 30.3 Å². The molecule has 0 aliphatic rings. The van der Waals surface area contributed by atoms with E-state index in [9.17, 15) is 23.1 Å². The second-order valence-corrected chi connectivity index (χ2v) is 4.77. The Morgan fingerprint density at radius 1 is 1.09 bits per heavy atom. The van der Waals surface area contributed by atoms with Crippen LogP contribution in [-0.4, -0.2) is 18.1 Å². The smallest absolute Gasteiger partial charge is 0.228 e. The van der Waals surface area contributed by atoms with Gasteiger partial charge in [-0.15, -0.1) is 0 Å². The predicted octanol–water partition coefficient (Wildman–Crippen LogP) is 2.79. The number of hydrogen-bond acceptors (Lipinski definition) is 3. The molecular weight excluding hydrogens is 311 g/mol. The van der Waals surface area contributed by atoms with Gasteiger partial charge in [-0.25, -0.2) is 13.2 Å². The maximum Gasteiger partial charge on any atom is 0.228 e. The Labute approximate surface area is 130 Å². The Bertz CT molecular complexity index is 735. The summed E-state index contributed by atoms with van der Waals surface area (Å²) in [7, 11) is 1.44. The molecule has 2 aromatic rings. The van der Waals surface area contributed by atoms with Crippen LogP contribution in [0.5, 0.6) is 5.75 Å². The number of aliphatic hydroxyl groups is 1. The van der Waals surface area contributed by atoms with Crippen molar-refractivity contribution in [1.29, 1.82) is 0 Å². The van der Waals surface area contributed by atoms with Gasteiger partial charge in [0.05, 0.1) is 20.1 Å². The number of halogens is 3. The van der Waals surface area contributed by atoms with E-state index < -0.39 is 29.8 Å². The van der Waals surface area contributed by atoms with E-state index in [0.717, 1.165) is 0 Å². The van der Waals surface area contributed by atoms with Crippen LogP contribution >= 0.6 is 0 Å². The number of hydrogen-bond donors (Lipinski definition) is 2. The van der Waals surface area contributed by atoms with Crippen LogP contribution < -0.4 is 10.1 Å². The molecule has 0 aliphatic carbocycles. The van der Waals surface area contributed by atoms with E-state index in [2.05, 4.69) is 5.32 Å². The Morgan fingerprint density at radius 2 is 1.78 bits per heavy atom. The van der Waals surface area contributed by atoms with E-state index in [4.69, 9.17) is 4.74 Å². The molecule has 23 heavy (non-hydrogen) atoms. The Hall–Kier alpha value is -2.54. The summed E-state index contributed by atoms with van der Waals surface area (Å²) in [5.74, 6) is -3.68. The van der Waals surface area contributed by atoms with Gasteiger partial charge < -0.3 is 15.2 Å². The van der Waals surface area contributed by atoms with E-state index in [-0.39, 0.29) is 12.2 Å². The van der Waals surface area contributed by atoms with Crippen molar-refractivity contribution >= 4 is 11.6 Å². The molecule has 0 spiro atoms. The van der Waals surface area contributed by atoms with Crippen LogP contribution in [0, 0.1) is 17.5 Å². The molecule has 0 saturated carbocycles. The van der Waals surface area contributed by atoms with Gasteiger partial charge in [0.15, 0.2) is 11.6 Å². The number of carbonyl (C=O) groups is 1. The maximum atomic E-state index is 13.5. The van der Waals surface area contributed by atoms with Crippen molar-refractivity contribution in [3.63, 3.8) is 0 Å².